The van der Waals surface area contributed by atoms with Gasteiger partial charge in [-0.25, -0.2) is 22.8 Å². The van der Waals surface area contributed by atoms with Gasteiger partial charge in [-0.1, -0.05) is 20.8 Å². The molecule has 0 spiro atoms. The number of anilines is 1. The second-order valence-electron chi connectivity index (χ2n) is 5.85. The molecule has 2 aromatic heterocycles. The summed E-state index contributed by atoms with van der Waals surface area (Å²) in [7, 11) is -3.97. The number of hydrogen-bond donors (Lipinski definition) is 1. The monoisotopic (exact) mass is 324 g/mol. The van der Waals surface area contributed by atoms with E-state index in [9.17, 15) is 12.8 Å². The predicted molar refractivity (Wildman–Crippen MR) is 80.5 cm³/mol. The number of rotatable bonds is 3. The molecule has 0 saturated carbocycles. The molecule has 8 heteroatoms. The van der Waals surface area contributed by atoms with Crippen molar-refractivity contribution in [3.05, 3.63) is 41.9 Å². The van der Waals surface area contributed by atoms with Crippen molar-refractivity contribution in [2.45, 2.75) is 38.0 Å². The molecule has 0 aliphatic rings. The molecule has 2 rings (SSSR count). The van der Waals surface area contributed by atoms with Crippen LogP contribution in [0, 0.1) is 12.7 Å². The van der Waals surface area contributed by atoms with Gasteiger partial charge in [0.2, 0.25) is 0 Å². The number of pyridine rings is 1. The van der Waals surface area contributed by atoms with Gasteiger partial charge in [-0.3, -0.25) is 9.71 Å². The normalized spacial score (nSPS) is 12.2. The summed E-state index contributed by atoms with van der Waals surface area (Å²) >= 11 is 0. The Morgan fingerprint density at radius 2 is 1.95 bits per heavy atom. The summed E-state index contributed by atoms with van der Waals surface area (Å²) in [4.78, 5) is 11.4. The van der Waals surface area contributed by atoms with Gasteiger partial charge in [-0.15, -0.1) is 0 Å². The van der Waals surface area contributed by atoms with Gasteiger partial charge in [0.05, 0.1) is 11.4 Å². The molecule has 0 fully saturated rings. The van der Waals surface area contributed by atoms with E-state index in [1.807, 2.05) is 20.8 Å². The van der Waals surface area contributed by atoms with Gasteiger partial charge in [-0.05, 0) is 19.1 Å². The Morgan fingerprint density at radius 1 is 1.27 bits per heavy atom. The molecule has 0 aliphatic carbocycles. The second-order valence-corrected chi connectivity index (χ2v) is 7.50. The fourth-order valence-corrected chi connectivity index (χ4v) is 3.10. The van der Waals surface area contributed by atoms with Crippen molar-refractivity contribution < 1.29 is 12.8 Å². The average molecular weight is 324 g/mol. The fourth-order valence-electron chi connectivity index (χ4n) is 1.91. The van der Waals surface area contributed by atoms with E-state index in [1.54, 1.807) is 0 Å². The minimum absolute atomic E-state index is 0.106. The van der Waals surface area contributed by atoms with Crippen LogP contribution in [0.25, 0.3) is 0 Å². The molecule has 0 saturated heterocycles. The topological polar surface area (TPSA) is 84.8 Å². The van der Waals surface area contributed by atoms with E-state index in [-0.39, 0.29) is 22.1 Å². The molecule has 22 heavy (non-hydrogen) atoms. The molecule has 1 N–H and O–H groups in total. The van der Waals surface area contributed by atoms with E-state index < -0.39 is 21.3 Å². The number of halogens is 1. The molecule has 0 amide bonds. The quantitative estimate of drug-likeness (QED) is 0.937. The molecule has 2 heterocycles. The number of nitrogens with one attached hydrogen (secondary N) is 1. The van der Waals surface area contributed by atoms with Crippen LogP contribution in [0.5, 0.6) is 0 Å². The molecule has 0 atom stereocenters. The van der Waals surface area contributed by atoms with Crippen molar-refractivity contribution in [1.29, 1.82) is 0 Å². The first-order valence-electron chi connectivity index (χ1n) is 6.58. The van der Waals surface area contributed by atoms with Crippen molar-refractivity contribution in [3.63, 3.8) is 0 Å². The Labute approximate surface area is 128 Å². The standard InChI is InChI=1S/C14H17FN4O2S/c1-9-11(7-10(15)13(18-9)14(2,3)4)22(20,21)19-12-5-6-16-8-17-12/h5-8H,1-4H3,(H,16,17,19). The van der Waals surface area contributed by atoms with Crippen molar-refractivity contribution in [1.82, 2.24) is 15.0 Å². The van der Waals surface area contributed by atoms with Gasteiger partial charge in [0.1, 0.15) is 22.9 Å². The molecule has 0 aromatic carbocycles. The Bertz CT molecular complexity index is 786. The number of aromatic nitrogens is 3. The van der Waals surface area contributed by atoms with Crippen molar-refractivity contribution >= 4 is 15.8 Å². The molecule has 0 bridgehead atoms. The zero-order chi connectivity index (χ0) is 16.5. The molecule has 2 aromatic rings. The second kappa shape index (κ2) is 5.60. The summed E-state index contributed by atoms with van der Waals surface area (Å²) in [5, 5.41) is 0. The Morgan fingerprint density at radius 3 is 2.50 bits per heavy atom. The van der Waals surface area contributed by atoms with Crippen LogP contribution in [0.1, 0.15) is 32.2 Å². The van der Waals surface area contributed by atoms with Crippen LogP contribution < -0.4 is 4.72 Å². The fraction of sp³-hybridized carbons (Fsp3) is 0.357. The number of nitrogens with zero attached hydrogens (tertiary/aromatic N) is 3. The van der Waals surface area contributed by atoms with Crippen molar-refractivity contribution in [2.24, 2.45) is 0 Å². The van der Waals surface area contributed by atoms with Gasteiger partial charge in [0.25, 0.3) is 10.0 Å². The summed E-state index contributed by atoms with van der Waals surface area (Å²) in [5.74, 6) is -0.545. The molecular weight excluding hydrogens is 307 g/mol. The average Bonchev–Trinajstić information content (AvgIpc) is 2.40. The number of sulfonamides is 1. The number of hydrogen-bond acceptors (Lipinski definition) is 5. The predicted octanol–water partition coefficient (Wildman–Crippen LogP) is 2.42. The Balaban J connectivity index is 2.47. The lowest BCUT2D eigenvalue weighted by molar-refractivity contribution is 0.496. The lowest BCUT2D eigenvalue weighted by Crippen LogP contribution is -2.21. The number of aryl methyl sites for hydroxylation is 1. The maximum absolute atomic E-state index is 14.2. The molecular formula is C14H17FN4O2S. The van der Waals surface area contributed by atoms with Crippen LogP contribution in [-0.4, -0.2) is 23.4 Å². The highest BCUT2D eigenvalue weighted by Crippen LogP contribution is 2.27. The Kier molecular flexibility index (Phi) is 4.15. The van der Waals surface area contributed by atoms with E-state index in [1.165, 1.54) is 25.5 Å². The minimum atomic E-state index is -3.97. The summed E-state index contributed by atoms with van der Waals surface area (Å²) < 4.78 is 41.2. The van der Waals surface area contributed by atoms with Crippen LogP contribution >= 0.6 is 0 Å². The maximum atomic E-state index is 14.2. The van der Waals surface area contributed by atoms with Crippen molar-refractivity contribution in [2.75, 3.05) is 4.72 Å². The van der Waals surface area contributed by atoms with Gasteiger partial charge in [0.15, 0.2) is 0 Å². The van der Waals surface area contributed by atoms with Crippen LogP contribution in [0.15, 0.2) is 29.6 Å². The lowest BCUT2D eigenvalue weighted by atomic mass is 9.91. The smallest absolute Gasteiger partial charge is 0.263 e. The van der Waals surface area contributed by atoms with Gasteiger partial charge in [-0.2, -0.15) is 0 Å². The third kappa shape index (κ3) is 3.38. The molecule has 6 nitrogen and oxygen atoms in total. The van der Waals surface area contributed by atoms with E-state index in [0.717, 1.165) is 6.07 Å². The highest BCUT2D eigenvalue weighted by Gasteiger charge is 2.26. The molecule has 0 unspecified atom stereocenters. The zero-order valence-electron chi connectivity index (χ0n) is 12.8. The van der Waals surface area contributed by atoms with Gasteiger partial charge in [0, 0.05) is 11.6 Å². The van der Waals surface area contributed by atoms with E-state index in [0.29, 0.717) is 0 Å². The van der Waals surface area contributed by atoms with Gasteiger partial charge >= 0.3 is 0 Å². The van der Waals surface area contributed by atoms with E-state index >= 15 is 0 Å². The zero-order valence-corrected chi connectivity index (χ0v) is 13.6. The van der Waals surface area contributed by atoms with Crippen LogP contribution in [0.2, 0.25) is 0 Å². The third-order valence-corrected chi connectivity index (χ3v) is 4.41. The van der Waals surface area contributed by atoms with Crippen LogP contribution in [-0.2, 0) is 15.4 Å². The first kappa shape index (κ1) is 16.3. The third-order valence-electron chi connectivity index (χ3n) is 2.94. The maximum Gasteiger partial charge on any atom is 0.264 e. The highest BCUT2D eigenvalue weighted by atomic mass is 32.2. The van der Waals surface area contributed by atoms with E-state index in [4.69, 9.17) is 0 Å². The first-order valence-corrected chi connectivity index (χ1v) is 8.06. The van der Waals surface area contributed by atoms with Gasteiger partial charge < -0.3 is 0 Å². The summed E-state index contributed by atoms with van der Waals surface area (Å²) in [6.45, 7) is 6.96. The molecule has 0 aliphatic heterocycles. The van der Waals surface area contributed by atoms with Crippen LogP contribution in [0.4, 0.5) is 10.2 Å². The van der Waals surface area contributed by atoms with Crippen molar-refractivity contribution in [3.8, 4) is 0 Å². The Hall–Kier alpha value is -2.09. The molecule has 0 radical (unpaired) electrons. The lowest BCUT2D eigenvalue weighted by Gasteiger charge is -2.20. The summed E-state index contributed by atoms with van der Waals surface area (Å²) in [6.07, 6.45) is 2.62. The first-order chi connectivity index (χ1) is 10.1. The summed E-state index contributed by atoms with van der Waals surface area (Å²) in [5.41, 5.74) is -0.0594. The highest BCUT2D eigenvalue weighted by molar-refractivity contribution is 7.92. The SMILES string of the molecule is Cc1nc(C(C)(C)C)c(F)cc1S(=O)(=O)Nc1ccncn1. The minimum Gasteiger partial charge on any atom is -0.263 e. The summed E-state index contributed by atoms with van der Waals surface area (Å²) in [6, 6.07) is 2.40. The van der Waals surface area contributed by atoms with E-state index in [2.05, 4.69) is 19.7 Å². The largest absolute Gasteiger partial charge is 0.264 e. The van der Waals surface area contributed by atoms with Crippen LogP contribution in [0.3, 0.4) is 0 Å². The molecule has 118 valence electrons.